The second-order valence-electron chi connectivity index (χ2n) is 4.87. The van der Waals surface area contributed by atoms with Gasteiger partial charge in [-0.2, -0.15) is 4.98 Å². The van der Waals surface area contributed by atoms with Gasteiger partial charge in [0.05, 0.1) is 0 Å². The standard InChI is InChI=1S/C16H15N3O/c1-10-4-3-5-12(8-10)15-18-16(20-19-15)14-7-6-13(17)9-11(14)2/h3-9H,17H2,1-2H3. The zero-order chi connectivity index (χ0) is 14.1. The molecular weight excluding hydrogens is 250 g/mol. The van der Waals surface area contributed by atoms with Crippen LogP contribution >= 0.6 is 0 Å². The van der Waals surface area contributed by atoms with Crippen LogP contribution < -0.4 is 5.73 Å². The van der Waals surface area contributed by atoms with Crippen molar-refractivity contribution < 1.29 is 4.52 Å². The molecule has 3 aromatic rings. The number of hydrogen-bond donors (Lipinski definition) is 1. The molecule has 0 atom stereocenters. The molecule has 4 nitrogen and oxygen atoms in total. The molecule has 1 aromatic heterocycles. The third kappa shape index (κ3) is 2.28. The fraction of sp³-hybridized carbons (Fsp3) is 0.125. The minimum atomic E-state index is 0.513. The summed E-state index contributed by atoms with van der Waals surface area (Å²) in [4.78, 5) is 4.46. The molecule has 0 bridgehead atoms. The van der Waals surface area contributed by atoms with Crippen molar-refractivity contribution in [1.29, 1.82) is 0 Å². The molecule has 0 amide bonds. The van der Waals surface area contributed by atoms with Crippen LogP contribution in [0.3, 0.4) is 0 Å². The van der Waals surface area contributed by atoms with Crippen molar-refractivity contribution in [2.75, 3.05) is 5.73 Å². The van der Waals surface area contributed by atoms with E-state index in [0.717, 1.165) is 27.9 Å². The van der Waals surface area contributed by atoms with E-state index < -0.39 is 0 Å². The Morgan fingerprint density at radius 1 is 1.05 bits per heavy atom. The summed E-state index contributed by atoms with van der Waals surface area (Å²) in [7, 11) is 0. The second kappa shape index (κ2) is 4.81. The van der Waals surface area contributed by atoms with Crippen LogP contribution in [0.25, 0.3) is 22.8 Å². The highest BCUT2D eigenvalue weighted by Crippen LogP contribution is 2.26. The molecule has 0 aliphatic carbocycles. The molecule has 3 rings (SSSR count). The first-order valence-electron chi connectivity index (χ1n) is 6.41. The van der Waals surface area contributed by atoms with Gasteiger partial charge in [0, 0.05) is 16.8 Å². The number of nitrogens with two attached hydrogens (primary N) is 1. The Bertz CT molecular complexity index is 762. The molecule has 4 heteroatoms. The SMILES string of the molecule is Cc1cccc(-c2noc(-c3ccc(N)cc3C)n2)c1. The number of benzene rings is 2. The Hall–Kier alpha value is -2.62. The molecule has 0 unspecified atom stereocenters. The normalized spacial score (nSPS) is 10.7. The largest absolute Gasteiger partial charge is 0.399 e. The molecule has 0 fully saturated rings. The first-order chi connectivity index (χ1) is 9.63. The summed E-state index contributed by atoms with van der Waals surface area (Å²) in [6.07, 6.45) is 0. The second-order valence-corrected chi connectivity index (χ2v) is 4.87. The van der Waals surface area contributed by atoms with Crippen molar-refractivity contribution in [3.8, 4) is 22.8 Å². The zero-order valence-electron chi connectivity index (χ0n) is 11.4. The maximum Gasteiger partial charge on any atom is 0.258 e. The summed E-state index contributed by atoms with van der Waals surface area (Å²) in [5, 5.41) is 4.05. The number of rotatable bonds is 2. The van der Waals surface area contributed by atoms with Gasteiger partial charge in [0.2, 0.25) is 5.82 Å². The fourth-order valence-corrected chi connectivity index (χ4v) is 2.16. The average Bonchev–Trinajstić information content (AvgIpc) is 2.88. The lowest BCUT2D eigenvalue weighted by atomic mass is 10.1. The average molecular weight is 265 g/mol. The molecule has 0 aliphatic heterocycles. The quantitative estimate of drug-likeness (QED) is 0.719. The van der Waals surface area contributed by atoms with Gasteiger partial charge in [0.25, 0.3) is 5.89 Å². The highest BCUT2D eigenvalue weighted by Gasteiger charge is 2.12. The van der Waals surface area contributed by atoms with Crippen molar-refractivity contribution in [2.24, 2.45) is 0 Å². The van der Waals surface area contributed by atoms with E-state index in [1.165, 1.54) is 0 Å². The molecule has 0 aliphatic rings. The van der Waals surface area contributed by atoms with Gasteiger partial charge >= 0.3 is 0 Å². The molecule has 2 aromatic carbocycles. The molecule has 1 heterocycles. The molecule has 2 N–H and O–H groups in total. The molecular formula is C16H15N3O. The smallest absolute Gasteiger partial charge is 0.258 e. The van der Waals surface area contributed by atoms with Crippen LogP contribution in [0.2, 0.25) is 0 Å². The van der Waals surface area contributed by atoms with Gasteiger partial charge in [-0.15, -0.1) is 0 Å². The van der Waals surface area contributed by atoms with Crippen LogP contribution in [0.1, 0.15) is 11.1 Å². The van der Waals surface area contributed by atoms with Crippen molar-refractivity contribution in [3.63, 3.8) is 0 Å². The maximum atomic E-state index is 5.75. The summed E-state index contributed by atoms with van der Waals surface area (Å²) >= 11 is 0. The monoisotopic (exact) mass is 265 g/mol. The van der Waals surface area contributed by atoms with Gasteiger partial charge in [-0.05, 0) is 43.7 Å². The van der Waals surface area contributed by atoms with Gasteiger partial charge in [-0.3, -0.25) is 0 Å². The van der Waals surface area contributed by atoms with E-state index in [4.69, 9.17) is 10.3 Å². The van der Waals surface area contributed by atoms with Gasteiger partial charge in [-0.25, -0.2) is 0 Å². The Morgan fingerprint density at radius 2 is 1.90 bits per heavy atom. The predicted molar refractivity (Wildman–Crippen MR) is 79.1 cm³/mol. The van der Waals surface area contributed by atoms with Crippen LogP contribution in [0.15, 0.2) is 47.0 Å². The van der Waals surface area contributed by atoms with E-state index in [9.17, 15) is 0 Å². The van der Waals surface area contributed by atoms with Crippen molar-refractivity contribution in [3.05, 3.63) is 53.6 Å². The van der Waals surface area contributed by atoms with Crippen molar-refractivity contribution in [2.45, 2.75) is 13.8 Å². The Balaban J connectivity index is 2.02. The van der Waals surface area contributed by atoms with Crippen LogP contribution in [-0.4, -0.2) is 10.1 Å². The van der Waals surface area contributed by atoms with Crippen LogP contribution in [-0.2, 0) is 0 Å². The molecule has 0 saturated heterocycles. The number of aryl methyl sites for hydroxylation is 2. The summed E-state index contributed by atoms with van der Waals surface area (Å²) in [5.41, 5.74) is 10.5. The molecule has 100 valence electrons. The summed E-state index contributed by atoms with van der Waals surface area (Å²) < 4.78 is 5.36. The van der Waals surface area contributed by atoms with Crippen molar-refractivity contribution in [1.82, 2.24) is 10.1 Å². The van der Waals surface area contributed by atoms with Crippen LogP contribution in [0, 0.1) is 13.8 Å². The Morgan fingerprint density at radius 3 is 2.65 bits per heavy atom. The number of anilines is 1. The van der Waals surface area contributed by atoms with E-state index in [-0.39, 0.29) is 0 Å². The van der Waals surface area contributed by atoms with E-state index >= 15 is 0 Å². The minimum absolute atomic E-state index is 0.513. The molecule has 0 spiro atoms. The van der Waals surface area contributed by atoms with E-state index in [1.807, 2.05) is 56.3 Å². The molecule has 20 heavy (non-hydrogen) atoms. The number of hydrogen-bond acceptors (Lipinski definition) is 4. The van der Waals surface area contributed by atoms with E-state index in [2.05, 4.69) is 10.1 Å². The summed E-state index contributed by atoms with van der Waals surface area (Å²) in [6.45, 7) is 4.01. The number of nitrogens with zero attached hydrogens (tertiary/aromatic N) is 2. The Labute approximate surface area is 117 Å². The maximum absolute atomic E-state index is 5.75. The van der Waals surface area contributed by atoms with Gasteiger partial charge in [0.1, 0.15) is 0 Å². The topological polar surface area (TPSA) is 64.9 Å². The Kier molecular flexibility index (Phi) is 2.99. The van der Waals surface area contributed by atoms with E-state index in [0.29, 0.717) is 11.7 Å². The van der Waals surface area contributed by atoms with Gasteiger partial charge in [0.15, 0.2) is 0 Å². The lowest BCUT2D eigenvalue weighted by Crippen LogP contribution is -1.89. The van der Waals surface area contributed by atoms with Gasteiger partial charge < -0.3 is 10.3 Å². The third-order valence-corrected chi connectivity index (χ3v) is 3.18. The summed E-state index contributed by atoms with van der Waals surface area (Å²) in [5.74, 6) is 1.11. The third-order valence-electron chi connectivity index (χ3n) is 3.18. The van der Waals surface area contributed by atoms with Crippen LogP contribution in [0.4, 0.5) is 5.69 Å². The molecule has 0 radical (unpaired) electrons. The van der Waals surface area contributed by atoms with Gasteiger partial charge in [-0.1, -0.05) is 28.9 Å². The first-order valence-corrected chi connectivity index (χ1v) is 6.41. The lowest BCUT2D eigenvalue weighted by molar-refractivity contribution is 0.432. The predicted octanol–water partition coefficient (Wildman–Crippen LogP) is 3.60. The number of aromatic nitrogens is 2. The first kappa shape index (κ1) is 12.4. The van der Waals surface area contributed by atoms with E-state index in [1.54, 1.807) is 0 Å². The van der Waals surface area contributed by atoms with Crippen molar-refractivity contribution >= 4 is 5.69 Å². The summed E-state index contributed by atoms with van der Waals surface area (Å²) in [6, 6.07) is 13.6. The van der Waals surface area contributed by atoms with Crippen LogP contribution in [0.5, 0.6) is 0 Å². The highest BCUT2D eigenvalue weighted by molar-refractivity contribution is 5.65. The minimum Gasteiger partial charge on any atom is -0.399 e. The lowest BCUT2D eigenvalue weighted by Gasteiger charge is -2.01. The number of nitrogen functional groups attached to an aromatic ring is 1. The highest BCUT2D eigenvalue weighted by atomic mass is 16.5. The molecule has 0 saturated carbocycles. The fourth-order valence-electron chi connectivity index (χ4n) is 2.16. The zero-order valence-corrected chi connectivity index (χ0v) is 11.4.